The van der Waals surface area contributed by atoms with E-state index in [0.717, 1.165) is 82.6 Å². The van der Waals surface area contributed by atoms with Crippen molar-refractivity contribution in [3.63, 3.8) is 0 Å². The number of carbonyl (C=O) groups excluding carboxylic acids is 2. The number of hydrogen-bond donors (Lipinski definition) is 0. The second-order valence-electron chi connectivity index (χ2n) is 9.00. The Hall–Kier alpha value is -1.98. The predicted molar refractivity (Wildman–Crippen MR) is 107 cm³/mol. The van der Waals surface area contributed by atoms with Crippen LogP contribution in [0.2, 0.25) is 0 Å². The normalized spacial score (nSPS) is 25.4. The van der Waals surface area contributed by atoms with Crippen LogP contribution in [0.5, 0.6) is 0 Å². The zero-order valence-corrected chi connectivity index (χ0v) is 17.2. The number of likely N-dealkylation sites (tertiary alicyclic amines) is 2. The van der Waals surface area contributed by atoms with Gasteiger partial charge in [0.1, 0.15) is 5.82 Å². The van der Waals surface area contributed by atoms with Crippen LogP contribution in [0.25, 0.3) is 0 Å². The summed E-state index contributed by atoms with van der Waals surface area (Å²) in [6.07, 6.45) is 9.81. The molecule has 3 aliphatic rings. The minimum absolute atomic E-state index is 0.0518. The van der Waals surface area contributed by atoms with E-state index >= 15 is 0 Å². The topological polar surface area (TPSA) is 66.4 Å². The standard InChI is InChI=1S/C22H32N4O2/c1-3-4-11-25-14-22(10-8-19(25)27)9-5-12-26(15-22)21(28)18-13-23-20(17-6-7-17)24-16(18)2/h13,17H,3-12,14-15H2,1-2H3/t22-/m0/s1. The number of aromatic nitrogens is 2. The summed E-state index contributed by atoms with van der Waals surface area (Å²) in [5.74, 6) is 1.72. The average molecular weight is 385 g/mol. The molecule has 4 rings (SSSR count). The molecule has 2 saturated heterocycles. The Morgan fingerprint density at radius 3 is 2.82 bits per heavy atom. The molecule has 0 aromatic carbocycles. The van der Waals surface area contributed by atoms with E-state index in [-0.39, 0.29) is 17.2 Å². The molecule has 1 atom stereocenters. The SMILES string of the molecule is CCCCN1C[C@]2(CCCN(C(=O)c3cnc(C4CC4)nc3C)C2)CCC1=O. The predicted octanol–water partition coefficient (Wildman–Crippen LogP) is 3.31. The summed E-state index contributed by atoms with van der Waals surface area (Å²) in [7, 11) is 0. The fraction of sp³-hybridized carbons (Fsp3) is 0.727. The van der Waals surface area contributed by atoms with Gasteiger partial charge in [0.15, 0.2) is 0 Å². The highest BCUT2D eigenvalue weighted by molar-refractivity contribution is 5.95. The number of hydrogen-bond acceptors (Lipinski definition) is 4. The van der Waals surface area contributed by atoms with Crippen LogP contribution >= 0.6 is 0 Å². The molecule has 0 bridgehead atoms. The molecule has 152 valence electrons. The van der Waals surface area contributed by atoms with Crippen molar-refractivity contribution in [3.05, 3.63) is 23.3 Å². The molecule has 0 unspecified atom stereocenters. The number of nitrogens with zero attached hydrogens (tertiary/aromatic N) is 4. The van der Waals surface area contributed by atoms with Crippen LogP contribution in [0, 0.1) is 12.3 Å². The Labute approximate surface area is 167 Å². The van der Waals surface area contributed by atoms with Gasteiger partial charge >= 0.3 is 0 Å². The fourth-order valence-electron chi connectivity index (χ4n) is 4.77. The minimum Gasteiger partial charge on any atom is -0.342 e. The van der Waals surface area contributed by atoms with E-state index in [1.807, 2.05) is 16.7 Å². The molecule has 1 aromatic heterocycles. The molecular formula is C22H32N4O2. The molecule has 6 heteroatoms. The number of rotatable bonds is 5. The number of carbonyl (C=O) groups is 2. The van der Waals surface area contributed by atoms with Gasteiger partial charge < -0.3 is 9.80 Å². The maximum atomic E-state index is 13.2. The van der Waals surface area contributed by atoms with E-state index in [1.54, 1.807) is 6.20 Å². The molecule has 0 N–H and O–H groups in total. The first-order chi connectivity index (χ1) is 13.5. The third kappa shape index (κ3) is 3.91. The second kappa shape index (κ2) is 7.80. The van der Waals surface area contributed by atoms with Gasteiger partial charge in [0, 0.05) is 50.1 Å². The van der Waals surface area contributed by atoms with Gasteiger partial charge in [-0.3, -0.25) is 9.59 Å². The van der Waals surface area contributed by atoms with Crippen LogP contribution in [-0.4, -0.2) is 57.8 Å². The molecule has 1 aromatic rings. The third-order valence-electron chi connectivity index (χ3n) is 6.65. The first-order valence-corrected chi connectivity index (χ1v) is 10.9. The maximum Gasteiger partial charge on any atom is 0.257 e. The molecule has 2 amide bonds. The van der Waals surface area contributed by atoms with Gasteiger partial charge in [-0.1, -0.05) is 13.3 Å². The molecule has 1 aliphatic carbocycles. The molecule has 1 spiro atoms. The molecule has 3 heterocycles. The highest BCUT2D eigenvalue weighted by Crippen LogP contribution is 2.40. The summed E-state index contributed by atoms with van der Waals surface area (Å²) in [6.45, 7) is 7.25. The van der Waals surface area contributed by atoms with Gasteiger partial charge in [-0.2, -0.15) is 0 Å². The van der Waals surface area contributed by atoms with E-state index in [2.05, 4.69) is 16.9 Å². The van der Waals surface area contributed by atoms with Gasteiger partial charge in [-0.05, 0) is 45.4 Å². The van der Waals surface area contributed by atoms with Gasteiger partial charge in [-0.25, -0.2) is 9.97 Å². The fourth-order valence-corrected chi connectivity index (χ4v) is 4.77. The summed E-state index contributed by atoms with van der Waals surface area (Å²) >= 11 is 0. The van der Waals surface area contributed by atoms with Crippen LogP contribution < -0.4 is 0 Å². The maximum absolute atomic E-state index is 13.2. The van der Waals surface area contributed by atoms with Gasteiger partial charge in [0.25, 0.3) is 5.91 Å². The monoisotopic (exact) mass is 384 g/mol. The quantitative estimate of drug-likeness (QED) is 0.781. The lowest BCUT2D eigenvalue weighted by Gasteiger charge is -2.48. The lowest BCUT2D eigenvalue weighted by molar-refractivity contribution is -0.139. The number of amides is 2. The average Bonchev–Trinajstić information content (AvgIpc) is 3.54. The van der Waals surface area contributed by atoms with Crippen molar-refractivity contribution in [2.24, 2.45) is 5.41 Å². The highest BCUT2D eigenvalue weighted by atomic mass is 16.2. The smallest absolute Gasteiger partial charge is 0.257 e. The van der Waals surface area contributed by atoms with E-state index in [9.17, 15) is 9.59 Å². The molecular weight excluding hydrogens is 352 g/mol. The molecule has 6 nitrogen and oxygen atoms in total. The van der Waals surface area contributed by atoms with Crippen LogP contribution in [-0.2, 0) is 4.79 Å². The summed E-state index contributed by atoms with van der Waals surface area (Å²) in [4.78, 5) is 38.6. The molecule has 1 saturated carbocycles. The Morgan fingerprint density at radius 1 is 1.29 bits per heavy atom. The summed E-state index contributed by atoms with van der Waals surface area (Å²) in [5, 5.41) is 0. The van der Waals surface area contributed by atoms with Gasteiger partial charge in [0.2, 0.25) is 5.91 Å². The summed E-state index contributed by atoms with van der Waals surface area (Å²) in [5.41, 5.74) is 1.49. The minimum atomic E-state index is 0.0518. The first-order valence-electron chi connectivity index (χ1n) is 10.9. The van der Waals surface area contributed by atoms with Crippen LogP contribution in [0.15, 0.2) is 6.20 Å². The Morgan fingerprint density at radius 2 is 2.11 bits per heavy atom. The largest absolute Gasteiger partial charge is 0.342 e. The molecule has 28 heavy (non-hydrogen) atoms. The van der Waals surface area contributed by atoms with Crippen molar-refractivity contribution < 1.29 is 9.59 Å². The number of piperidine rings is 2. The Kier molecular flexibility index (Phi) is 5.39. The van der Waals surface area contributed by atoms with E-state index in [1.165, 1.54) is 0 Å². The van der Waals surface area contributed by atoms with Crippen molar-refractivity contribution in [3.8, 4) is 0 Å². The van der Waals surface area contributed by atoms with E-state index in [4.69, 9.17) is 0 Å². The van der Waals surface area contributed by atoms with Crippen LogP contribution in [0.3, 0.4) is 0 Å². The Balaban J connectivity index is 1.47. The third-order valence-corrected chi connectivity index (χ3v) is 6.65. The van der Waals surface area contributed by atoms with Crippen LogP contribution in [0.4, 0.5) is 0 Å². The lowest BCUT2D eigenvalue weighted by Crippen LogP contribution is -2.55. The van der Waals surface area contributed by atoms with Crippen molar-refractivity contribution in [2.45, 2.75) is 71.1 Å². The van der Waals surface area contributed by atoms with E-state index < -0.39 is 0 Å². The first kappa shape index (κ1) is 19.3. The zero-order chi connectivity index (χ0) is 19.7. The summed E-state index contributed by atoms with van der Waals surface area (Å²) < 4.78 is 0. The Bertz CT molecular complexity index is 761. The van der Waals surface area contributed by atoms with Crippen LogP contribution in [0.1, 0.15) is 86.1 Å². The zero-order valence-electron chi connectivity index (χ0n) is 17.2. The second-order valence-corrected chi connectivity index (χ2v) is 9.00. The van der Waals surface area contributed by atoms with Gasteiger partial charge in [0.05, 0.1) is 11.3 Å². The van der Waals surface area contributed by atoms with E-state index in [0.29, 0.717) is 17.9 Å². The van der Waals surface area contributed by atoms with Crippen molar-refractivity contribution in [2.75, 3.05) is 26.2 Å². The lowest BCUT2D eigenvalue weighted by atomic mass is 9.73. The molecule has 3 fully saturated rings. The van der Waals surface area contributed by atoms with Crippen molar-refractivity contribution >= 4 is 11.8 Å². The van der Waals surface area contributed by atoms with Crippen molar-refractivity contribution in [1.29, 1.82) is 0 Å². The van der Waals surface area contributed by atoms with Crippen molar-refractivity contribution in [1.82, 2.24) is 19.8 Å². The summed E-state index contributed by atoms with van der Waals surface area (Å²) in [6, 6.07) is 0. The number of unbranched alkanes of at least 4 members (excludes halogenated alkanes) is 1. The number of aryl methyl sites for hydroxylation is 1. The molecule has 0 radical (unpaired) electrons. The van der Waals surface area contributed by atoms with Gasteiger partial charge in [-0.15, -0.1) is 0 Å². The molecule has 2 aliphatic heterocycles. The highest BCUT2D eigenvalue weighted by Gasteiger charge is 2.43.